The number of guanidine groups is 1. The predicted molar refractivity (Wildman–Crippen MR) is 92.9 cm³/mol. The molecule has 1 aromatic heterocycles. The van der Waals surface area contributed by atoms with Gasteiger partial charge in [0.2, 0.25) is 0 Å². The molecule has 0 unspecified atom stereocenters. The monoisotopic (exact) mass is 315 g/mol. The van der Waals surface area contributed by atoms with E-state index < -0.39 is 0 Å². The molecular formula is C17H25N5O. The summed E-state index contributed by atoms with van der Waals surface area (Å²) in [4.78, 5) is 8.78. The van der Waals surface area contributed by atoms with Crippen LogP contribution in [0, 0.1) is 0 Å². The number of nitrogens with one attached hydrogen (secondary N) is 2. The summed E-state index contributed by atoms with van der Waals surface area (Å²) >= 11 is 0. The van der Waals surface area contributed by atoms with Gasteiger partial charge in [0.05, 0.1) is 18.6 Å². The number of benzene rings is 1. The van der Waals surface area contributed by atoms with Gasteiger partial charge in [0.15, 0.2) is 5.96 Å². The third-order valence-corrected chi connectivity index (χ3v) is 3.34. The number of methoxy groups -OCH3 is 1. The highest BCUT2D eigenvalue weighted by Crippen LogP contribution is 2.14. The third kappa shape index (κ3) is 5.41. The van der Waals surface area contributed by atoms with Crippen LogP contribution in [0.15, 0.2) is 48.0 Å². The highest BCUT2D eigenvalue weighted by Gasteiger charge is 2.04. The smallest absolute Gasteiger partial charge is 0.191 e. The van der Waals surface area contributed by atoms with E-state index in [-0.39, 0.29) is 0 Å². The van der Waals surface area contributed by atoms with E-state index in [1.54, 1.807) is 19.6 Å². The molecule has 0 aliphatic heterocycles. The molecule has 0 fully saturated rings. The average Bonchev–Trinajstić information content (AvgIpc) is 3.11. The first kappa shape index (κ1) is 17.0. The van der Waals surface area contributed by atoms with E-state index >= 15 is 0 Å². The predicted octanol–water partition coefficient (Wildman–Crippen LogP) is 1.96. The normalized spacial score (nSPS) is 11.5. The van der Waals surface area contributed by atoms with Crippen LogP contribution in [-0.4, -0.2) is 42.3 Å². The highest BCUT2D eigenvalue weighted by molar-refractivity contribution is 5.79. The number of nitrogens with zero attached hydrogens (tertiary/aromatic N) is 3. The number of hydrogen-bond acceptors (Lipinski definition) is 3. The van der Waals surface area contributed by atoms with Crippen LogP contribution in [0.25, 0.3) is 5.69 Å². The third-order valence-electron chi connectivity index (χ3n) is 3.34. The zero-order chi connectivity index (χ0) is 16.3. The van der Waals surface area contributed by atoms with Gasteiger partial charge in [-0.3, -0.25) is 0 Å². The Morgan fingerprint density at radius 3 is 2.91 bits per heavy atom. The van der Waals surface area contributed by atoms with E-state index in [9.17, 15) is 0 Å². The molecule has 2 rings (SSSR count). The van der Waals surface area contributed by atoms with Gasteiger partial charge in [0.25, 0.3) is 0 Å². The second-order valence-corrected chi connectivity index (χ2v) is 5.07. The number of aliphatic imine (C=N–C) groups is 1. The molecule has 0 aliphatic carbocycles. The highest BCUT2D eigenvalue weighted by atomic mass is 16.5. The largest absolute Gasteiger partial charge is 0.385 e. The lowest BCUT2D eigenvalue weighted by atomic mass is 10.2. The van der Waals surface area contributed by atoms with Crippen molar-refractivity contribution in [2.24, 2.45) is 4.99 Å². The minimum atomic E-state index is 0.605. The van der Waals surface area contributed by atoms with Crippen molar-refractivity contribution >= 4 is 5.96 Å². The first-order valence-corrected chi connectivity index (χ1v) is 7.92. The summed E-state index contributed by atoms with van der Waals surface area (Å²) in [5.74, 6) is 0.823. The summed E-state index contributed by atoms with van der Waals surface area (Å²) in [5.41, 5.74) is 2.25. The van der Waals surface area contributed by atoms with Crippen molar-refractivity contribution in [3.63, 3.8) is 0 Å². The Balaban J connectivity index is 2.04. The Bertz CT molecular complexity index is 595. The van der Waals surface area contributed by atoms with E-state index in [0.29, 0.717) is 6.54 Å². The molecule has 124 valence electrons. The first-order valence-electron chi connectivity index (χ1n) is 7.92. The Kier molecular flexibility index (Phi) is 7.13. The van der Waals surface area contributed by atoms with Gasteiger partial charge < -0.3 is 19.9 Å². The number of hydrogen-bond donors (Lipinski definition) is 2. The Morgan fingerprint density at radius 1 is 1.30 bits per heavy atom. The van der Waals surface area contributed by atoms with Crippen LogP contribution < -0.4 is 10.6 Å². The van der Waals surface area contributed by atoms with E-state index in [0.717, 1.165) is 43.3 Å². The summed E-state index contributed by atoms with van der Waals surface area (Å²) < 4.78 is 7.06. The number of imidazole rings is 1. The lowest BCUT2D eigenvalue weighted by Gasteiger charge is -2.12. The maximum atomic E-state index is 5.06. The minimum Gasteiger partial charge on any atom is -0.385 e. The molecule has 0 saturated carbocycles. The van der Waals surface area contributed by atoms with Crippen LogP contribution >= 0.6 is 0 Å². The Hall–Kier alpha value is -2.34. The molecule has 6 heteroatoms. The van der Waals surface area contributed by atoms with E-state index in [1.165, 1.54) is 0 Å². The summed E-state index contributed by atoms with van der Waals surface area (Å²) in [5, 5.41) is 6.58. The molecule has 1 aromatic carbocycles. The standard InChI is InChI=1S/C17H25N5O/c1-3-19-17(20-9-6-12-23-2)21-13-15-7-4-5-8-16(15)22-11-10-18-14-22/h4-5,7-8,10-11,14H,3,6,9,12-13H2,1-2H3,(H2,19,20,21). The van der Waals surface area contributed by atoms with E-state index in [4.69, 9.17) is 4.74 Å². The molecule has 6 nitrogen and oxygen atoms in total. The molecule has 0 aliphatic rings. The summed E-state index contributed by atoms with van der Waals surface area (Å²) in [6.45, 7) is 5.08. The van der Waals surface area contributed by atoms with Crippen LogP contribution in [0.2, 0.25) is 0 Å². The number of aromatic nitrogens is 2. The summed E-state index contributed by atoms with van der Waals surface area (Å²) in [6.07, 6.45) is 6.47. The molecule has 0 atom stereocenters. The summed E-state index contributed by atoms with van der Waals surface area (Å²) in [7, 11) is 1.71. The van der Waals surface area contributed by atoms with E-state index in [2.05, 4.69) is 39.7 Å². The fourth-order valence-corrected chi connectivity index (χ4v) is 2.23. The zero-order valence-electron chi connectivity index (χ0n) is 13.8. The van der Waals surface area contributed by atoms with Gasteiger partial charge in [-0.25, -0.2) is 9.98 Å². The lowest BCUT2D eigenvalue weighted by Crippen LogP contribution is -2.38. The molecular weight excluding hydrogens is 290 g/mol. The second kappa shape index (κ2) is 9.63. The SMILES string of the molecule is CCNC(=NCc1ccccc1-n1ccnc1)NCCCOC. The first-order chi connectivity index (χ1) is 11.3. The fraction of sp³-hybridized carbons (Fsp3) is 0.412. The van der Waals surface area contributed by atoms with Gasteiger partial charge in [0, 0.05) is 39.2 Å². The maximum Gasteiger partial charge on any atom is 0.191 e. The Morgan fingerprint density at radius 2 is 2.17 bits per heavy atom. The van der Waals surface area contributed by atoms with Gasteiger partial charge >= 0.3 is 0 Å². The Labute approximate surface area is 137 Å². The molecule has 23 heavy (non-hydrogen) atoms. The van der Waals surface area contributed by atoms with Crippen molar-refractivity contribution in [1.82, 2.24) is 20.2 Å². The number of para-hydroxylation sites is 1. The second-order valence-electron chi connectivity index (χ2n) is 5.07. The number of rotatable bonds is 8. The zero-order valence-corrected chi connectivity index (χ0v) is 13.8. The minimum absolute atomic E-state index is 0.605. The van der Waals surface area contributed by atoms with E-state index in [1.807, 2.05) is 22.9 Å². The quantitative estimate of drug-likeness (QED) is 0.444. The molecule has 0 bridgehead atoms. The number of ether oxygens (including phenoxy) is 1. The molecule has 1 heterocycles. The van der Waals surface area contributed by atoms with Gasteiger partial charge in [-0.05, 0) is 25.0 Å². The van der Waals surface area contributed by atoms with Crippen LogP contribution in [-0.2, 0) is 11.3 Å². The molecule has 0 radical (unpaired) electrons. The molecule has 0 saturated heterocycles. The van der Waals surface area contributed by atoms with Crippen LogP contribution in [0.5, 0.6) is 0 Å². The average molecular weight is 315 g/mol. The topological polar surface area (TPSA) is 63.5 Å². The van der Waals surface area contributed by atoms with Crippen LogP contribution in [0.3, 0.4) is 0 Å². The van der Waals surface area contributed by atoms with Gasteiger partial charge in [-0.2, -0.15) is 0 Å². The van der Waals surface area contributed by atoms with Crippen molar-refractivity contribution in [3.8, 4) is 5.69 Å². The lowest BCUT2D eigenvalue weighted by molar-refractivity contribution is 0.195. The van der Waals surface area contributed by atoms with Crippen molar-refractivity contribution in [1.29, 1.82) is 0 Å². The van der Waals surface area contributed by atoms with Crippen molar-refractivity contribution in [3.05, 3.63) is 48.5 Å². The maximum absolute atomic E-state index is 5.06. The van der Waals surface area contributed by atoms with Crippen LogP contribution in [0.1, 0.15) is 18.9 Å². The molecule has 0 amide bonds. The molecule has 2 aromatic rings. The molecule has 0 spiro atoms. The van der Waals surface area contributed by atoms with Crippen molar-refractivity contribution in [2.75, 3.05) is 26.8 Å². The molecule has 2 N–H and O–H groups in total. The van der Waals surface area contributed by atoms with Crippen LogP contribution in [0.4, 0.5) is 0 Å². The van der Waals surface area contributed by atoms with Gasteiger partial charge in [0.1, 0.15) is 0 Å². The van der Waals surface area contributed by atoms with Crippen molar-refractivity contribution in [2.45, 2.75) is 19.9 Å². The summed E-state index contributed by atoms with van der Waals surface area (Å²) in [6, 6.07) is 8.22. The van der Waals surface area contributed by atoms with Gasteiger partial charge in [-0.15, -0.1) is 0 Å². The fourth-order valence-electron chi connectivity index (χ4n) is 2.23. The van der Waals surface area contributed by atoms with Gasteiger partial charge in [-0.1, -0.05) is 18.2 Å². The van der Waals surface area contributed by atoms with Crippen molar-refractivity contribution < 1.29 is 4.74 Å².